The second-order valence-electron chi connectivity index (χ2n) is 2.03. The Morgan fingerprint density at radius 1 is 1.30 bits per heavy atom. The lowest BCUT2D eigenvalue weighted by Gasteiger charge is -1.98. The van der Waals surface area contributed by atoms with E-state index in [1.165, 1.54) is 12.1 Å². The van der Waals surface area contributed by atoms with E-state index in [4.69, 9.17) is 0 Å². The Labute approximate surface area is 63.3 Å². The summed E-state index contributed by atoms with van der Waals surface area (Å²) in [5.41, 5.74) is 0.409. The van der Waals surface area contributed by atoms with Crippen LogP contribution in [0.2, 0.25) is 0 Å². The van der Waals surface area contributed by atoms with Gasteiger partial charge in [-0.15, -0.1) is 12.6 Å². The van der Waals surface area contributed by atoms with E-state index in [2.05, 4.69) is 12.6 Å². The minimum absolute atomic E-state index is 0.208. The van der Waals surface area contributed by atoms with Crippen LogP contribution in [0.3, 0.4) is 0 Å². The molecule has 0 spiro atoms. The van der Waals surface area contributed by atoms with Gasteiger partial charge in [0.2, 0.25) is 0 Å². The quantitative estimate of drug-likeness (QED) is 0.554. The summed E-state index contributed by atoms with van der Waals surface area (Å²) < 4.78 is 25.1. The molecule has 0 fully saturated rings. The van der Waals surface area contributed by atoms with E-state index >= 15 is 0 Å². The van der Waals surface area contributed by atoms with Crippen LogP contribution >= 0.6 is 12.6 Å². The molecule has 1 rings (SSSR count). The number of hydrogen-bond acceptors (Lipinski definition) is 1. The van der Waals surface area contributed by atoms with Crippen molar-refractivity contribution in [3.8, 4) is 0 Å². The summed E-state index contributed by atoms with van der Waals surface area (Å²) in [5, 5.41) is 0. The molecule has 0 saturated heterocycles. The van der Waals surface area contributed by atoms with E-state index in [9.17, 15) is 8.78 Å². The maximum absolute atomic E-state index is 12.7. The van der Waals surface area contributed by atoms with Crippen molar-refractivity contribution in [1.82, 2.24) is 0 Å². The molecule has 0 bridgehead atoms. The van der Waals surface area contributed by atoms with Gasteiger partial charge in [-0.1, -0.05) is 6.07 Å². The van der Waals surface area contributed by atoms with Crippen molar-refractivity contribution in [2.75, 3.05) is 0 Å². The molecular weight excluding hydrogens is 154 g/mol. The summed E-state index contributed by atoms with van der Waals surface area (Å²) in [4.78, 5) is -0.208. The fourth-order valence-electron chi connectivity index (χ4n) is 0.642. The monoisotopic (exact) mass is 160 g/mol. The van der Waals surface area contributed by atoms with Crippen LogP contribution in [-0.2, 0) is 0 Å². The van der Waals surface area contributed by atoms with Gasteiger partial charge in [0.1, 0.15) is 11.6 Å². The molecule has 0 atom stereocenters. The van der Waals surface area contributed by atoms with Gasteiger partial charge >= 0.3 is 0 Å². The number of benzene rings is 1. The molecule has 0 nitrogen and oxygen atoms in total. The van der Waals surface area contributed by atoms with Crippen LogP contribution in [0.1, 0.15) is 5.56 Å². The highest BCUT2D eigenvalue weighted by Crippen LogP contribution is 2.18. The fourth-order valence-corrected chi connectivity index (χ4v) is 0.893. The molecule has 1 aromatic carbocycles. The van der Waals surface area contributed by atoms with Gasteiger partial charge in [-0.3, -0.25) is 0 Å². The summed E-state index contributed by atoms with van der Waals surface area (Å²) in [6, 6.07) is 2.57. The van der Waals surface area contributed by atoms with E-state index < -0.39 is 11.6 Å². The third-order valence-corrected chi connectivity index (χ3v) is 1.67. The largest absolute Gasteiger partial charge is 0.206 e. The minimum Gasteiger partial charge on any atom is -0.206 e. The summed E-state index contributed by atoms with van der Waals surface area (Å²) in [7, 11) is 0. The fraction of sp³-hybridized carbons (Fsp3) is 0.143. The van der Waals surface area contributed by atoms with Gasteiger partial charge in [0, 0.05) is 0 Å². The normalized spacial score (nSPS) is 10.0. The average molecular weight is 160 g/mol. The van der Waals surface area contributed by atoms with Crippen molar-refractivity contribution < 1.29 is 8.78 Å². The number of halogens is 2. The molecule has 0 aliphatic heterocycles. The van der Waals surface area contributed by atoms with Crippen LogP contribution < -0.4 is 0 Å². The van der Waals surface area contributed by atoms with Crippen molar-refractivity contribution in [3.63, 3.8) is 0 Å². The molecule has 0 saturated carbocycles. The van der Waals surface area contributed by atoms with E-state index in [1.54, 1.807) is 6.92 Å². The Bertz CT molecular complexity index is 231. The number of thiol groups is 1. The molecule has 1 aromatic rings. The van der Waals surface area contributed by atoms with Crippen LogP contribution in [0.25, 0.3) is 0 Å². The molecule has 0 aliphatic carbocycles. The van der Waals surface area contributed by atoms with Gasteiger partial charge in [0.05, 0.1) is 4.90 Å². The van der Waals surface area contributed by atoms with Gasteiger partial charge in [-0.25, -0.2) is 8.78 Å². The predicted octanol–water partition coefficient (Wildman–Crippen LogP) is 2.56. The Morgan fingerprint density at radius 3 is 2.40 bits per heavy atom. The molecule has 0 heterocycles. The first-order valence-corrected chi connectivity index (χ1v) is 3.21. The van der Waals surface area contributed by atoms with Crippen LogP contribution in [0.5, 0.6) is 0 Å². The van der Waals surface area contributed by atoms with Crippen molar-refractivity contribution in [1.29, 1.82) is 0 Å². The van der Waals surface area contributed by atoms with E-state index in [1.807, 2.05) is 0 Å². The molecular formula is C7H6F2S. The van der Waals surface area contributed by atoms with Crippen LogP contribution in [-0.4, -0.2) is 0 Å². The number of aryl methyl sites for hydroxylation is 1. The lowest BCUT2D eigenvalue weighted by molar-refractivity contribution is 0.536. The highest BCUT2D eigenvalue weighted by molar-refractivity contribution is 7.80. The molecule has 0 aliphatic rings. The maximum atomic E-state index is 12.7. The second-order valence-corrected chi connectivity index (χ2v) is 2.47. The Balaban J connectivity index is 3.34. The highest BCUT2D eigenvalue weighted by atomic mass is 32.1. The molecule has 0 unspecified atom stereocenters. The second kappa shape index (κ2) is 2.58. The molecule has 10 heavy (non-hydrogen) atoms. The van der Waals surface area contributed by atoms with Gasteiger partial charge in [-0.05, 0) is 18.6 Å². The Morgan fingerprint density at radius 2 is 1.90 bits per heavy atom. The SMILES string of the molecule is Cc1ccc(F)c(S)c1F. The van der Waals surface area contributed by atoms with Crippen LogP contribution in [0, 0.1) is 18.6 Å². The number of rotatable bonds is 0. The van der Waals surface area contributed by atoms with Crippen LogP contribution in [0.4, 0.5) is 8.78 Å². The van der Waals surface area contributed by atoms with Crippen molar-refractivity contribution >= 4 is 12.6 Å². The zero-order valence-corrected chi connectivity index (χ0v) is 6.25. The van der Waals surface area contributed by atoms with Gasteiger partial charge < -0.3 is 0 Å². The van der Waals surface area contributed by atoms with Crippen molar-refractivity contribution in [2.24, 2.45) is 0 Å². The first-order chi connectivity index (χ1) is 4.63. The zero-order chi connectivity index (χ0) is 7.72. The predicted molar refractivity (Wildman–Crippen MR) is 38.3 cm³/mol. The van der Waals surface area contributed by atoms with Crippen molar-refractivity contribution in [3.05, 3.63) is 29.3 Å². The number of hydrogen-bond donors (Lipinski definition) is 1. The summed E-state index contributed by atoms with van der Waals surface area (Å²) in [5.74, 6) is -1.20. The molecule has 0 radical (unpaired) electrons. The topological polar surface area (TPSA) is 0 Å². The third-order valence-electron chi connectivity index (χ3n) is 1.26. The molecule has 0 amide bonds. The molecule has 0 aromatic heterocycles. The lowest BCUT2D eigenvalue weighted by atomic mass is 10.2. The summed E-state index contributed by atoms with van der Waals surface area (Å²) >= 11 is 3.63. The highest BCUT2D eigenvalue weighted by Gasteiger charge is 2.05. The van der Waals surface area contributed by atoms with Gasteiger partial charge in [0.25, 0.3) is 0 Å². The van der Waals surface area contributed by atoms with Crippen molar-refractivity contribution in [2.45, 2.75) is 11.8 Å². The molecule has 54 valence electrons. The molecule has 0 N–H and O–H groups in total. The summed E-state index contributed by atoms with van der Waals surface area (Å²) in [6.45, 7) is 1.56. The maximum Gasteiger partial charge on any atom is 0.142 e. The van der Waals surface area contributed by atoms with Crippen LogP contribution in [0.15, 0.2) is 17.0 Å². The average Bonchev–Trinajstić information content (AvgIpc) is 1.93. The standard InChI is InChI=1S/C7H6F2S/c1-4-2-3-5(8)7(10)6(4)9/h2-3,10H,1H3. The summed E-state index contributed by atoms with van der Waals surface area (Å²) in [6.07, 6.45) is 0. The third kappa shape index (κ3) is 1.14. The van der Waals surface area contributed by atoms with E-state index in [-0.39, 0.29) is 4.90 Å². The molecule has 3 heteroatoms. The first-order valence-electron chi connectivity index (χ1n) is 2.76. The van der Waals surface area contributed by atoms with Gasteiger partial charge in [-0.2, -0.15) is 0 Å². The van der Waals surface area contributed by atoms with E-state index in [0.29, 0.717) is 5.56 Å². The smallest absolute Gasteiger partial charge is 0.142 e. The van der Waals surface area contributed by atoms with Gasteiger partial charge in [0.15, 0.2) is 0 Å². The lowest BCUT2D eigenvalue weighted by Crippen LogP contribution is -1.87. The minimum atomic E-state index is -0.619. The first kappa shape index (κ1) is 7.54. The Kier molecular flexibility index (Phi) is 1.94. The Hall–Kier alpha value is -0.570. The van der Waals surface area contributed by atoms with E-state index in [0.717, 1.165) is 0 Å². The zero-order valence-electron chi connectivity index (χ0n) is 5.36.